The van der Waals surface area contributed by atoms with E-state index in [2.05, 4.69) is 5.32 Å². The van der Waals surface area contributed by atoms with Crippen LogP contribution >= 0.6 is 0 Å². The molecule has 1 amide bonds. The highest BCUT2D eigenvalue weighted by Crippen LogP contribution is 2.22. The molecule has 0 heterocycles. The van der Waals surface area contributed by atoms with Gasteiger partial charge in [-0.1, -0.05) is 35.9 Å². The summed E-state index contributed by atoms with van der Waals surface area (Å²) >= 11 is 0. The van der Waals surface area contributed by atoms with E-state index in [-0.39, 0.29) is 10.5 Å². The molecule has 0 aliphatic carbocycles. The van der Waals surface area contributed by atoms with Crippen LogP contribution in [0.2, 0.25) is 0 Å². The molecule has 0 atom stereocenters. The van der Waals surface area contributed by atoms with E-state index in [1.165, 1.54) is 31.3 Å². The van der Waals surface area contributed by atoms with E-state index in [0.29, 0.717) is 11.4 Å². The van der Waals surface area contributed by atoms with E-state index in [4.69, 9.17) is 4.74 Å². The zero-order valence-corrected chi connectivity index (χ0v) is 17.9. The van der Waals surface area contributed by atoms with Gasteiger partial charge >= 0.3 is 5.97 Å². The highest BCUT2D eigenvalue weighted by molar-refractivity contribution is 7.92. The molecule has 31 heavy (non-hydrogen) atoms. The lowest BCUT2D eigenvalue weighted by Crippen LogP contribution is -2.26. The Morgan fingerprint density at radius 3 is 2.13 bits per heavy atom. The van der Waals surface area contributed by atoms with Crippen molar-refractivity contribution in [3.8, 4) is 0 Å². The summed E-state index contributed by atoms with van der Waals surface area (Å²) in [5, 5.41) is 2.63. The van der Waals surface area contributed by atoms with Crippen LogP contribution in [0.25, 0.3) is 0 Å². The van der Waals surface area contributed by atoms with Gasteiger partial charge in [0.05, 0.1) is 16.1 Å². The van der Waals surface area contributed by atoms with Crippen LogP contribution in [0.4, 0.5) is 11.4 Å². The Morgan fingerprint density at radius 1 is 0.903 bits per heavy atom. The molecule has 7 nitrogen and oxygen atoms in total. The van der Waals surface area contributed by atoms with Gasteiger partial charge in [0.25, 0.3) is 15.9 Å². The summed E-state index contributed by atoms with van der Waals surface area (Å²) in [7, 11) is -2.32. The molecule has 0 aliphatic rings. The van der Waals surface area contributed by atoms with Crippen molar-refractivity contribution in [2.24, 2.45) is 0 Å². The number of carbonyl (C=O) groups excluding carboxylic acids is 2. The van der Waals surface area contributed by atoms with Crippen LogP contribution < -0.4 is 9.62 Å². The van der Waals surface area contributed by atoms with Crippen molar-refractivity contribution in [3.05, 3.63) is 90.0 Å². The van der Waals surface area contributed by atoms with Crippen LogP contribution in [-0.2, 0) is 19.6 Å². The van der Waals surface area contributed by atoms with Crippen LogP contribution in [0.15, 0.2) is 83.8 Å². The number of carbonyl (C=O) groups is 2. The van der Waals surface area contributed by atoms with Crippen molar-refractivity contribution in [2.45, 2.75) is 11.8 Å². The van der Waals surface area contributed by atoms with Gasteiger partial charge in [-0.3, -0.25) is 9.10 Å². The average molecular weight is 439 g/mol. The largest absolute Gasteiger partial charge is 0.452 e. The number of para-hydroxylation sites is 1. The minimum Gasteiger partial charge on any atom is -0.452 e. The molecule has 0 radical (unpaired) electrons. The number of nitrogens with one attached hydrogen (secondary N) is 1. The molecule has 0 aliphatic heterocycles. The number of ether oxygens (including phenoxy) is 1. The third kappa shape index (κ3) is 5.49. The number of hydrogen-bond donors (Lipinski definition) is 1. The van der Waals surface area contributed by atoms with Gasteiger partial charge in [-0.25, -0.2) is 13.2 Å². The summed E-state index contributed by atoms with van der Waals surface area (Å²) in [6, 6.07) is 21.2. The molecule has 8 heteroatoms. The van der Waals surface area contributed by atoms with Crippen molar-refractivity contribution in [1.82, 2.24) is 0 Å². The minimum atomic E-state index is -3.78. The summed E-state index contributed by atoms with van der Waals surface area (Å²) in [5.41, 5.74) is 2.32. The Morgan fingerprint density at radius 2 is 1.52 bits per heavy atom. The lowest BCUT2D eigenvalue weighted by molar-refractivity contribution is -0.119. The summed E-state index contributed by atoms with van der Waals surface area (Å²) in [4.78, 5) is 24.2. The standard InChI is InChI=1S/C23H22N2O5S/c1-17-8-12-19(13-9-17)24-22(26)16-30-23(27)18-10-14-21(15-11-18)31(28,29)25(2)20-6-4-3-5-7-20/h3-15H,16H2,1-2H3,(H,24,26). The van der Waals surface area contributed by atoms with Crippen molar-refractivity contribution >= 4 is 33.3 Å². The van der Waals surface area contributed by atoms with Crippen LogP contribution in [0.5, 0.6) is 0 Å². The van der Waals surface area contributed by atoms with Gasteiger partial charge < -0.3 is 10.1 Å². The summed E-state index contributed by atoms with van der Waals surface area (Å²) in [6.07, 6.45) is 0. The Kier molecular flexibility index (Phi) is 6.71. The van der Waals surface area contributed by atoms with Crippen LogP contribution in [0, 0.1) is 6.92 Å². The monoisotopic (exact) mass is 438 g/mol. The van der Waals surface area contributed by atoms with E-state index in [1.54, 1.807) is 42.5 Å². The normalized spacial score (nSPS) is 10.9. The Bertz CT molecular complexity index is 1160. The molecule has 1 N–H and O–H groups in total. The third-order valence-corrected chi connectivity index (χ3v) is 6.34. The van der Waals surface area contributed by atoms with Gasteiger partial charge in [-0.15, -0.1) is 0 Å². The number of amides is 1. The second kappa shape index (κ2) is 9.44. The lowest BCUT2D eigenvalue weighted by atomic mass is 10.2. The fourth-order valence-corrected chi connectivity index (χ4v) is 3.94. The first kappa shape index (κ1) is 22.0. The average Bonchev–Trinajstić information content (AvgIpc) is 2.79. The van der Waals surface area contributed by atoms with Gasteiger partial charge in [0.1, 0.15) is 0 Å². The quantitative estimate of drug-likeness (QED) is 0.569. The maximum atomic E-state index is 12.8. The second-order valence-corrected chi connectivity index (χ2v) is 8.79. The summed E-state index contributed by atoms with van der Waals surface area (Å²) in [6.45, 7) is 1.48. The van der Waals surface area contributed by atoms with Crippen LogP contribution in [0.3, 0.4) is 0 Å². The summed E-state index contributed by atoms with van der Waals surface area (Å²) in [5.74, 6) is -1.19. The maximum Gasteiger partial charge on any atom is 0.338 e. The fraction of sp³-hybridized carbons (Fsp3) is 0.130. The van der Waals surface area contributed by atoms with E-state index >= 15 is 0 Å². The van der Waals surface area contributed by atoms with Gasteiger partial charge in [-0.2, -0.15) is 0 Å². The number of hydrogen-bond acceptors (Lipinski definition) is 5. The van der Waals surface area contributed by atoms with E-state index in [1.807, 2.05) is 19.1 Å². The van der Waals surface area contributed by atoms with E-state index in [9.17, 15) is 18.0 Å². The predicted octanol–water partition coefficient (Wildman–Crippen LogP) is 3.62. The van der Waals surface area contributed by atoms with Crippen LogP contribution in [0.1, 0.15) is 15.9 Å². The Labute approximate surface area is 181 Å². The molecule has 3 aromatic rings. The van der Waals surface area contributed by atoms with E-state index in [0.717, 1.165) is 9.87 Å². The molecule has 0 saturated carbocycles. The first-order chi connectivity index (χ1) is 14.8. The molecule has 0 bridgehead atoms. The molecule has 3 aromatic carbocycles. The molecule has 0 saturated heterocycles. The van der Waals surface area contributed by atoms with Crippen molar-refractivity contribution < 1.29 is 22.7 Å². The smallest absolute Gasteiger partial charge is 0.338 e. The number of nitrogens with zero attached hydrogens (tertiary/aromatic N) is 1. The molecular formula is C23H22N2O5S. The molecule has 3 rings (SSSR count). The zero-order valence-electron chi connectivity index (χ0n) is 17.1. The first-order valence-electron chi connectivity index (χ1n) is 9.45. The number of sulfonamides is 1. The van der Waals surface area contributed by atoms with Gasteiger partial charge in [0.2, 0.25) is 0 Å². The number of aryl methyl sites for hydroxylation is 1. The van der Waals surface area contributed by atoms with Crippen molar-refractivity contribution in [2.75, 3.05) is 23.3 Å². The van der Waals surface area contributed by atoms with Crippen LogP contribution in [-0.4, -0.2) is 33.9 Å². The zero-order chi connectivity index (χ0) is 22.4. The number of anilines is 2. The maximum absolute atomic E-state index is 12.8. The predicted molar refractivity (Wildman–Crippen MR) is 119 cm³/mol. The number of rotatable bonds is 7. The highest BCUT2D eigenvalue weighted by Gasteiger charge is 2.21. The number of esters is 1. The highest BCUT2D eigenvalue weighted by atomic mass is 32.2. The van der Waals surface area contributed by atoms with Gasteiger partial charge in [-0.05, 0) is 55.5 Å². The Balaban J connectivity index is 1.60. The van der Waals surface area contributed by atoms with Gasteiger partial charge in [0.15, 0.2) is 6.61 Å². The third-order valence-electron chi connectivity index (χ3n) is 4.54. The van der Waals surface area contributed by atoms with E-state index < -0.39 is 28.5 Å². The molecular weight excluding hydrogens is 416 g/mol. The topological polar surface area (TPSA) is 92.8 Å². The molecule has 0 fully saturated rings. The van der Waals surface area contributed by atoms with Crippen molar-refractivity contribution in [3.63, 3.8) is 0 Å². The number of benzene rings is 3. The molecule has 0 aromatic heterocycles. The first-order valence-corrected chi connectivity index (χ1v) is 10.9. The lowest BCUT2D eigenvalue weighted by Gasteiger charge is -2.19. The summed E-state index contributed by atoms with van der Waals surface area (Å²) < 4.78 is 31.7. The minimum absolute atomic E-state index is 0.0347. The molecule has 0 spiro atoms. The van der Waals surface area contributed by atoms with Gasteiger partial charge in [0, 0.05) is 12.7 Å². The molecule has 0 unspecified atom stereocenters. The SMILES string of the molecule is Cc1ccc(NC(=O)COC(=O)c2ccc(S(=O)(=O)N(C)c3ccccc3)cc2)cc1. The fourth-order valence-electron chi connectivity index (χ4n) is 2.75. The second-order valence-electron chi connectivity index (χ2n) is 6.82. The Hall–Kier alpha value is -3.65. The molecule has 160 valence electrons. The van der Waals surface area contributed by atoms with Crippen molar-refractivity contribution in [1.29, 1.82) is 0 Å².